The molecule has 2 heterocycles. The van der Waals surface area contributed by atoms with E-state index < -0.39 is 0 Å². The van der Waals surface area contributed by atoms with Crippen LogP contribution in [0.3, 0.4) is 0 Å². The number of hydrogen-bond donors (Lipinski definition) is 2. The zero-order chi connectivity index (χ0) is 14.8. The van der Waals surface area contributed by atoms with Crippen LogP contribution in [0.1, 0.15) is 36.9 Å². The average molecular weight is 288 g/mol. The zero-order valence-electron chi connectivity index (χ0n) is 12.6. The number of fused-ring (bicyclic) bond motifs is 1. The summed E-state index contributed by atoms with van der Waals surface area (Å²) in [7, 11) is 0. The lowest BCUT2D eigenvalue weighted by atomic mass is 9.90. The van der Waals surface area contributed by atoms with Gasteiger partial charge < -0.3 is 15.3 Å². The van der Waals surface area contributed by atoms with E-state index in [0.717, 1.165) is 44.5 Å². The average Bonchev–Trinajstić information content (AvgIpc) is 2.53. The molecule has 3 rings (SSSR count). The third kappa shape index (κ3) is 2.97. The van der Waals surface area contributed by atoms with Crippen LogP contribution in [0.5, 0.6) is 0 Å². The maximum atomic E-state index is 12.8. The van der Waals surface area contributed by atoms with E-state index in [-0.39, 0.29) is 18.1 Å². The molecule has 1 amide bonds. The van der Waals surface area contributed by atoms with Crippen LogP contribution < -0.4 is 5.32 Å². The maximum absolute atomic E-state index is 12.8. The van der Waals surface area contributed by atoms with Crippen LogP contribution in [0.2, 0.25) is 0 Å². The number of aliphatic hydroxyl groups is 1. The topological polar surface area (TPSA) is 52.6 Å². The van der Waals surface area contributed by atoms with Gasteiger partial charge in [0.05, 0.1) is 6.10 Å². The first-order valence-corrected chi connectivity index (χ1v) is 7.95. The molecule has 0 saturated carbocycles. The van der Waals surface area contributed by atoms with Crippen LogP contribution in [0.4, 0.5) is 0 Å². The van der Waals surface area contributed by atoms with Gasteiger partial charge in [-0.3, -0.25) is 4.79 Å². The van der Waals surface area contributed by atoms with Gasteiger partial charge in [-0.25, -0.2) is 0 Å². The summed E-state index contributed by atoms with van der Waals surface area (Å²) in [6.45, 7) is 4.22. The summed E-state index contributed by atoms with van der Waals surface area (Å²) in [5.74, 6) is 0.520. The molecule has 1 fully saturated rings. The summed E-state index contributed by atoms with van der Waals surface area (Å²) >= 11 is 0. The SMILES string of the molecule is C[C@H](O)C1CCN(C(=O)[C@H]2NCCc3ccccc32)CC1. The molecular weight excluding hydrogens is 264 g/mol. The van der Waals surface area contributed by atoms with Gasteiger partial charge in [-0.2, -0.15) is 0 Å². The van der Waals surface area contributed by atoms with Crippen LogP contribution in [-0.4, -0.2) is 41.7 Å². The molecule has 2 N–H and O–H groups in total. The molecule has 0 aliphatic carbocycles. The number of likely N-dealkylation sites (tertiary alicyclic amines) is 1. The molecule has 114 valence electrons. The van der Waals surface area contributed by atoms with Crippen molar-refractivity contribution in [1.29, 1.82) is 0 Å². The lowest BCUT2D eigenvalue weighted by molar-refractivity contribution is -0.135. The molecular formula is C17H24N2O2. The Hall–Kier alpha value is -1.39. The quantitative estimate of drug-likeness (QED) is 0.867. The number of aliphatic hydroxyl groups excluding tert-OH is 1. The predicted octanol–water partition coefficient (Wildman–Crippen LogP) is 1.49. The number of carbonyl (C=O) groups is 1. The normalized spacial score (nSPS) is 24.5. The monoisotopic (exact) mass is 288 g/mol. The van der Waals surface area contributed by atoms with Gasteiger partial charge >= 0.3 is 0 Å². The molecule has 21 heavy (non-hydrogen) atoms. The van der Waals surface area contributed by atoms with Gasteiger partial charge in [-0.05, 0) is 43.2 Å². The summed E-state index contributed by atoms with van der Waals surface area (Å²) in [5, 5.41) is 13.0. The first kappa shape index (κ1) is 14.5. The van der Waals surface area contributed by atoms with Crippen molar-refractivity contribution < 1.29 is 9.90 Å². The van der Waals surface area contributed by atoms with Gasteiger partial charge in [0.2, 0.25) is 5.91 Å². The summed E-state index contributed by atoms with van der Waals surface area (Å²) in [4.78, 5) is 14.8. The van der Waals surface area contributed by atoms with Crippen LogP contribution in [0.25, 0.3) is 0 Å². The van der Waals surface area contributed by atoms with E-state index in [1.807, 2.05) is 24.0 Å². The van der Waals surface area contributed by atoms with E-state index in [1.54, 1.807) is 0 Å². The van der Waals surface area contributed by atoms with Crippen molar-refractivity contribution in [2.24, 2.45) is 5.92 Å². The number of rotatable bonds is 2. The molecule has 0 unspecified atom stereocenters. The fraction of sp³-hybridized carbons (Fsp3) is 0.588. The second-order valence-electron chi connectivity index (χ2n) is 6.24. The molecule has 1 aromatic carbocycles. The van der Waals surface area contributed by atoms with E-state index >= 15 is 0 Å². The van der Waals surface area contributed by atoms with Gasteiger partial charge in [0.25, 0.3) is 0 Å². The van der Waals surface area contributed by atoms with E-state index in [2.05, 4.69) is 17.4 Å². The summed E-state index contributed by atoms with van der Waals surface area (Å²) < 4.78 is 0. The molecule has 2 aliphatic rings. The summed E-state index contributed by atoms with van der Waals surface area (Å²) in [6, 6.07) is 8.03. The van der Waals surface area contributed by atoms with E-state index in [0.29, 0.717) is 5.92 Å². The lowest BCUT2D eigenvalue weighted by Gasteiger charge is -2.36. The maximum Gasteiger partial charge on any atom is 0.244 e. The molecule has 2 atom stereocenters. The molecule has 1 saturated heterocycles. The van der Waals surface area contributed by atoms with Crippen molar-refractivity contribution in [1.82, 2.24) is 10.2 Å². The van der Waals surface area contributed by atoms with Crippen LogP contribution in [-0.2, 0) is 11.2 Å². The highest BCUT2D eigenvalue weighted by Gasteiger charge is 2.32. The smallest absolute Gasteiger partial charge is 0.244 e. The predicted molar refractivity (Wildman–Crippen MR) is 81.9 cm³/mol. The van der Waals surface area contributed by atoms with Crippen LogP contribution >= 0.6 is 0 Å². The molecule has 1 aromatic rings. The van der Waals surface area contributed by atoms with Crippen LogP contribution in [0.15, 0.2) is 24.3 Å². The highest BCUT2D eigenvalue weighted by atomic mass is 16.3. The van der Waals surface area contributed by atoms with Crippen molar-refractivity contribution in [2.75, 3.05) is 19.6 Å². The lowest BCUT2D eigenvalue weighted by Crippen LogP contribution is -2.47. The number of benzene rings is 1. The highest BCUT2D eigenvalue weighted by molar-refractivity contribution is 5.84. The van der Waals surface area contributed by atoms with Crippen molar-refractivity contribution in [2.45, 2.75) is 38.3 Å². The minimum Gasteiger partial charge on any atom is -0.393 e. The van der Waals surface area contributed by atoms with Gasteiger partial charge in [-0.1, -0.05) is 24.3 Å². The molecule has 0 spiro atoms. The van der Waals surface area contributed by atoms with E-state index in [1.165, 1.54) is 5.56 Å². The Bertz CT molecular complexity index is 507. The second kappa shape index (κ2) is 6.16. The van der Waals surface area contributed by atoms with Crippen molar-refractivity contribution in [3.05, 3.63) is 35.4 Å². The molecule has 4 nitrogen and oxygen atoms in total. The van der Waals surface area contributed by atoms with Gasteiger partial charge in [0.15, 0.2) is 0 Å². The Morgan fingerprint density at radius 1 is 1.33 bits per heavy atom. The van der Waals surface area contributed by atoms with Crippen molar-refractivity contribution >= 4 is 5.91 Å². The Labute approximate surface area is 126 Å². The fourth-order valence-electron chi connectivity index (χ4n) is 3.51. The standard InChI is InChI=1S/C17H24N2O2/c1-12(20)13-7-10-19(11-8-13)17(21)16-15-5-3-2-4-14(15)6-9-18-16/h2-5,12-13,16,18,20H,6-11H2,1H3/t12-,16-/m0/s1. The number of nitrogens with zero attached hydrogens (tertiary/aromatic N) is 1. The molecule has 2 aliphatic heterocycles. The summed E-state index contributed by atoms with van der Waals surface area (Å²) in [5.41, 5.74) is 2.42. The number of nitrogens with one attached hydrogen (secondary N) is 1. The molecule has 0 radical (unpaired) electrons. The van der Waals surface area contributed by atoms with Crippen molar-refractivity contribution in [3.8, 4) is 0 Å². The molecule has 4 heteroatoms. The van der Waals surface area contributed by atoms with Gasteiger partial charge in [0.1, 0.15) is 6.04 Å². The van der Waals surface area contributed by atoms with E-state index in [4.69, 9.17) is 0 Å². The zero-order valence-corrected chi connectivity index (χ0v) is 12.6. The highest BCUT2D eigenvalue weighted by Crippen LogP contribution is 2.27. The van der Waals surface area contributed by atoms with Crippen LogP contribution in [0, 0.1) is 5.92 Å². The minimum atomic E-state index is -0.268. The Morgan fingerprint density at radius 2 is 2.05 bits per heavy atom. The third-order valence-electron chi connectivity index (χ3n) is 4.89. The largest absolute Gasteiger partial charge is 0.393 e. The Kier molecular flexibility index (Phi) is 4.27. The van der Waals surface area contributed by atoms with E-state index in [9.17, 15) is 9.90 Å². The third-order valence-corrected chi connectivity index (χ3v) is 4.89. The Morgan fingerprint density at radius 3 is 2.76 bits per heavy atom. The van der Waals surface area contributed by atoms with Gasteiger partial charge in [-0.15, -0.1) is 0 Å². The first-order chi connectivity index (χ1) is 10.2. The number of piperidine rings is 1. The van der Waals surface area contributed by atoms with Gasteiger partial charge in [0, 0.05) is 19.6 Å². The van der Waals surface area contributed by atoms with Crippen molar-refractivity contribution in [3.63, 3.8) is 0 Å². The second-order valence-corrected chi connectivity index (χ2v) is 6.24. The Balaban J connectivity index is 1.70. The number of carbonyl (C=O) groups excluding carboxylic acids is 1. The number of amides is 1. The minimum absolute atomic E-state index is 0.186. The number of hydrogen-bond acceptors (Lipinski definition) is 3. The fourth-order valence-corrected chi connectivity index (χ4v) is 3.51. The molecule has 0 bridgehead atoms. The first-order valence-electron chi connectivity index (χ1n) is 7.95. The summed E-state index contributed by atoms with van der Waals surface area (Å²) in [6.07, 6.45) is 2.52. The molecule has 0 aromatic heterocycles.